The van der Waals surface area contributed by atoms with Crippen LogP contribution in [0.4, 0.5) is 0 Å². The molecule has 4 N–H and O–H groups in total. The molecule has 0 aromatic carbocycles. The smallest absolute Gasteiger partial charge is 0.0112 e. The lowest BCUT2D eigenvalue weighted by molar-refractivity contribution is 0.523. The summed E-state index contributed by atoms with van der Waals surface area (Å²) in [6, 6.07) is 0. The molecule has 4 nitrogen and oxygen atoms in total. The summed E-state index contributed by atoms with van der Waals surface area (Å²) in [7, 11) is 3.73. The van der Waals surface area contributed by atoms with E-state index < -0.39 is 0 Å². The van der Waals surface area contributed by atoms with Crippen LogP contribution in [0, 0.1) is 0 Å². The molecular weight excluding hydrogens is 187 g/mol. The highest BCUT2D eigenvalue weighted by atomic mass is 35.5. The van der Waals surface area contributed by atoms with E-state index in [0.717, 1.165) is 19.5 Å². The van der Waals surface area contributed by atoms with Gasteiger partial charge in [0.25, 0.3) is 0 Å². The largest absolute Gasteiger partial charge is 0.261 e. The van der Waals surface area contributed by atoms with Crippen molar-refractivity contribution in [3.63, 3.8) is 0 Å². The van der Waals surface area contributed by atoms with E-state index >= 15 is 0 Å². The summed E-state index contributed by atoms with van der Waals surface area (Å²) in [5.41, 5.74) is 11.7. The Morgan fingerprint density at radius 2 is 1.18 bits per heavy atom. The maximum Gasteiger partial charge on any atom is 0.0112 e. The van der Waals surface area contributed by atoms with Crippen LogP contribution in [0.2, 0.25) is 0 Å². The zero-order valence-electron chi connectivity index (χ0n) is 6.94. The van der Waals surface area contributed by atoms with E-state index in [0.29, 0.717) is 0 Å². The van der Waals surface area contributed by atoms with Gasteiger partial charge in [0.15, 0.2) is 0 Å². The van der Waals surface area contributed by atoms with Crippen molar-refractivity contribution >= 4 is 24.8 Å². The van der Waals surface area contributed by atoms with Crippen molar-refractivity contribution in [2.24, 2.45) is 0 Å². The third kappa shape index (κ3) is 17.9. The minimum absolute atomic E-state index is 0. The summed E-state index contributed by atoms with van der Waals surface area (Å²) in [5, 5.41) is 0. The molecule has 72 valence electrons. The Bertz CT molecular complexity index is 49.7. The molecule has 11 heavy (non-hydrogen) atoms. The Kier molecular flexibility index (Phi) is 26.7. The summed E-state index contributed by atoms with van der Waals surface area (Å²) in [6.45, 7) is 1.98. The Balaban J connectivity index is -0.000000320. The molecule has 0 aliphatic heterocycles. The lowest BCUT2D eigenvalue weighted by Gasteiger charge is -2.02. The zero-order chi connectivity index (χ0) is 6.95. The van der Waals surface area contributed by atoms with Crippen LogP contribution in [0.15, 0.2) is 0 Å². The molecule has 0 heterocycles. The molecule has 0 aromatic rings. The molecule has 0 saturated heterocycles. The van der Waals surface area contributed by atoms with Crippen molar-refractivity contribution in [1.29, 1.82) is 0 Å². The van der Waals surface area contributed by atoms with E-state index in [1.165, 1.54) is 0 Å². The van der Waals surface area contributed by atoms with Gasteiger partial charge in [-0.25, -0.2) is 0 Å². The van der Waals surface area contributed by atoms with E-state index in [4.69, 9.17) is 0 Å². The molecule has 0 saturated carbocycles. The van der Waals surface area contributed by atoms with Crippen molar-refractivity contribution in [2.75, 3.05) is 27.2 Å². The van der Waals surface area contributed by atoms with E-state index in [-0.39, 0.29) is 24.8 Å². The number of nitrogens with one attached hydrogen (secondary N) is 4. The highest BCUT2D eigenvalue weighted by Gasteiger charge is 1.81. The summed E-state index contributed by atoms with van der Waals surface area (Å²) in [4.78, 5) is 0. The van der Waals surface area contributed by atoms with Crippen LogP contribution in [0.5, 0.6) is 0 Å². The van der Waals surface area contributed by atoms with Gasteiger partial charge in [-0.1, -0.05) is 0 Å². The predicted molar refractivity (Wildman–Crippen MR) is 53.2 cm³/mol. The normalized spacial score (nSPS) is 8.18. The van der Waals surface area contributed by atoms with Crippen LogP contribution < -0.4 is 21.7 Å². The molecule has 0 aromatic heterocycles. The fourth-order valence-corrected chi connectivity index (χ4v) is 0.515. The van der Waals surface area contributed by atoms with Crippen molar-refractivity contribution in [3.05, 3.63) is 0 Å². The van der Waals surface area contributed by atoms with Gasteiger partial charge in [0.1, 0.15) is 0 Å². The van der Waals surface area contributed by atoms with Crippen LogP contribution in [-0.2, 0) is 0 Å². The zero-order valence-corrected chi connectivity index (χ0v) is 8.57. The fraction of sp³-hybridized carbons (Fsp3) is 1.00. The molecule has 0 amide bonds. The Morgan fingerprint density at radius 3 is 1.45 bits per heavy atom. The summed E-state index contributed by atoms with van der Waals surface area (Å²) < 4.78 is 0. The average molecular weight is 205 g/mol. The molecule has 0 fully saturated rings. The number of hydrogen-bond acceptors (Lipinski definition) is 4. The molecule has 0 rings (SSSR count). The maximum absolute atomic E-state index is 2.99. The lowest BCUT2D eigenvalue weighted by Crippen LogP contribution is -2.33. The maximum atomic E-state index is 2.99. The minimum Gasteiger partial charge on any atom is -0.261 e. The molecule has 6 heteroatoms. The van der Waals surface area contributed by atoms with Crippen LogP contribution in [0.3, 0.4) is 0 Å². The van der Waals surface area contributed by atoms with Crippen molar-refractivity contribution < 1.29 is 0 Å². The number of hydrogen-bond donors (Lipinski definition) is 4. The standard InChI is InChI=1S/C5H16N4.2ClH/c1-6-8-4-3-5-9-7-2;;/h6-9H,3-5H2,1-2H3;2*1H. The van der Waals surface area contributed by atoms with Gasteiger partial charge < -0.3 is 0 Å². The Hall–Kier alpha value is 0.420. The van der Waals surface area contributed by atoms with Gasteiger partial charge in [0.2, 0.25) is 0 Å². The van der Waals surface area contributed by atoms with E-state index in [2.05, 4.69) is 21.7 Å². The van der Waals surface area contributed by atoms with Gasteiger partial charge in [-0.15, -0.1) is 24.8 Å². The highest BCUT2D eigenvalue weighted by Crippen LogP contribution is 1.67. The Labute approximate surface area is 80.6 Å². The lowest BCUT2D eigenvalue weighted by atomic mass is 10.4. The molecular formula is C5H18Cl2N4. The molecule has 0 unspecified atom stereocenters. The van der Waals surface area contributed by atoms with E-state index in [9.17, 15) is 0 Å². The topological polar surface area (TPSA) is 48.1 Å². The second-order valence-electron chi connectivity index (χ2n) is 1.71. The average Bonchev–Trinajstić information content (AvgIpc) is 1.89. The van der Waals surface area contributed by atoms with Gasteiger partial charge in [-0.2, -0.15) is 0 Å². The van der Waals surface area contributed by atoms with Gasteiger partial charge in [0, 0.05) is 13.1 Å². The predicted octanol–water partition coefficient (Wildman–Crippen LogP) is -0.332. The van der Waals surface area contributed by atoms with Crippen molar-refractivity contribution in [3.8, 4) is 0 Å². The Morgan fingerprint density at radius 1 is 0.818 bits per heavy atom. The van der Waals surface area contributed by atoms with Gasteiger partial charge in [0.05, 0.1) is 0 Å². The van der Waals surface area contributed by atoms with Crippen molar-refractivity contribution in [1.82, 2.24) is 21.7 Å². The first-order chi connectivity index (χ1) is 4.41. The molecule has 0 aliphatic carbocycles. The first kappa shape index (κ1) is 17.5. The van der Waals surface area contributed by atoms with Gasteiger partial charge >= 0.3 is 0 Å². The SMILES string of the molecule is CNNCCCNNC.Cl.Cl. The highest BCUT2D eigenvalue weighted by molar-refractivity contribution is 5.85. The molecule has 0 radical (unpaired) electrons. The quantitative estimate of drug-likeness (QED) is 0.354. The summed E-state index contributed by atoms with van der Waals surface area (Å²) in [6.07, 6.45) is 1.11. The number of hydrazine groups is 2. The van der Waals surface area contributed by atoms with E-state index in [1.807, 2.05) is 14.1 Å². The second-order valence-corrected chi connectivity index (χ2v) is 1.71. The second kappa shape index (κ2) is 16.8. The first-order valence-corrected chi connectivity index (χ1v) is 3.21. The van der Waals surface area contributed by atoms with Crippen LogP contribution >= 0.6 is 24.8 Å². The molecule has 0 atom stereocenters. The number of rotatable bonds is 6. The molecule has 0 aliphatic rings. The first-order valence-electron chi connectivity index (χ1n) is 3.21. The summed E-state index contributed by atoms with van der Waals surface area (Å²) in [5.74, 6) is 0. The minimum atomic E-state index is 0. The number of halogens is 2. The molecule has 0 spiro atoms. The summed E-state index contributed by atoms with van der Waals surface area (Å²) >= 11 is 0. The fourth-order valence-electron chi connectivity index (χ4n) is 0.515. The van der Waals surface area contributed by atoms with Gasteiger partial charge in [-0.05, 0) is 20.5 Å². The van der Waals surface area contributed by atoms with Crippen LogP contribution in [0.25, 0.3) is 0 Å². The van der Waals surface area contributed by atoms with Crippen LogP contribution in [0.1, 0.15) is 6.42 Å². The van der Waals surface area contributed by atoms with E-state index in [1.54, 1.807) is 0 Å². The van der Waals surface area contributed by atoms with Crippen molar-refractivity contribution in [2.45, 2.75) is 6.42 Å². The third-order valence-electron chi connectivity index (χ3n) is 0.957. The van der Waals surface area contributed by atoms with Gasteiger partial charge in [-0.3, -0.25) is 21.7 Å². The molecule has 0 bridgehead atoms. The van der Waals surface area contributed by atoms with Crippen LogP contribution in [-0.4, -0.2) is 27.2 Å². The monoisotopic (exact) mass is 204 g/mol. The third-order valence-corrected chi connectivity index (χ3v) is 0.957.